The molecule has 0 fully saturated rings. The molecule has 2 N–H and O–H groups in total. The lowest BCUT2D eigenvalue weighted by Gasteiger charge is -2.30. The van der Waals surface area contributed by atoms with E-state index in [-0.39, 0.29) is 11.3 Å². The molecule has 0 saturated heterocycles. The number of amides is 2. The van der Waals surface area contributed by atoms with Crippen molar-refractivity contribution in [2.45, 2.75) is 25.6 Å². The van der Waals surface area contributed by atoms with Gasteiger partial charge in [-0.1, -0.05) is 30.3 Å². The van der Waals surface area contributed by atoms with Gasteiger partial charge in [0.1, 0.15) is 23.5 Å². The summed E-state index contributed by atoms with van der Waals surface area (Å²) < 4.78 is 41.4. The lowest BCUT2D eigenvalue weighted by atomic mass is 10.0. The number of nitrogens with zero attached hydrogens (tertiary/aromatic N) is 3. The van der Waals surface area contributed by atoms with Crippen LogP contribution in [-0.4, -0.2) is 52.9 Å². The molecule has 1 heterocycles. The lowest BCUT2D eigenvalue weighted by Crippen LogP contribution is -2.58. The molecule has 1 unspecified atom stereocenters. The SMILES string of the molecule is C[C@@H](C(=O)O)N(NC1N=C(c2cccc(F)c2)c2ccccc2N(C)C1=O)C(=O)Cc1cc(F)cc(F)c1. The molecule has 0 bridgehead atoms. The zero-order valence-electron chi connectivity index (χ0n) is 20.4. The molecule has 3 aromatic rings. The van der Waals surface area contributed by atoms with Crippen LogP contribution in [0.15, 0.2) is 71.7 Å². The third-order valence-electron chi connectivity index (χ3n) is 5.99. The predicted molar refractivity (Wildman–Crippen MR) is 133 cm³/mol. The van der Waals surface area contributed by atoms with Crippen molar-refractivity contribution >= 4 is 29.2 Å². The lowest BCUT2D eigenvalue weighted by molar-refractivity contribution is -0.153. The molecule has 1 aliphatic rings. The topological polar surface area (TPSA) is 102 Å². The van der Waals surface area contributed by atoms with Gasteiger partial charge in [-0.15, -0.1) is 0 Å². The Labute approximate surface area is 216 Å². The largest absolute Gasteiger partial charge is 0.480 e. The Kier molecular flexibility index (Phi) is 7.58. The average molecular weight is 524 g/mol. The number of hydrazine groups is 1. The maximum absolute atomic E-state index is 14.1. The molecule has 2 amide bonds. The zero-order chi connectivity index (χ0) is 27.6. The third-order valence-corrected chi connectivity index (χ3v) is 5.99. The number of fused-ring (bicyclic) bond motifs is 1. The highest BCUT2D eigenvalue weighted by Crippen LogP contribution is 2.27. The van der Waals surface area contributed by atoms with Crippen LogP contribution in [0.1, 0.15) is 23.6 Å². The summed E-state index contributed by atoms with van der Waals surface area (Å²) in [6.45, 7) is 1.20. The maximum atomic E-state index is 14.1. The normalized spacial score (nSPS) is 15.8. The highest BCUT2D eigenvalue weighted by atomic mass is 19.1. The minimum atomic E-state index is -1.50. The molecule has 0 aromatic heterocycles. The van der Waals surface area contributed by atoms with E-state index < -0.39 is 53.9 Å². The van der Waals surface area contributed by atoms with E-state index in [2.05, 4.69) is 10.4 Å². The van der Waals surface area contributed by atoms with Crippen LogP contribution in [0.4, 0.5) is 18.9 Å². The van der Waals surface area contributed by atoms with Gasteiger partial charge in [-0.05, 0) is 42.8 Å². The van der Waals surface area contributed by atoms with E-state index in [4.69, 9.17) is 0 Å². The molecule has 2 atom stereocenters. The zero-order valence-corrected chi connectivity index (χ0v) is 20.4. The number of hydrogen-bond donors (Lipinski definition) is 2. The number of anilines is 1. The highest BCUT2D eigenvalue weighted by Gasteiger charge is 2.35. The molecule has 11 heteroatoms. The van der Waals surface area contributed by atoms with Gasteiger partial charge >= 0.3 is 5.97 Å². The van der Waals surface area contributed by atoms with Crippen LogP contribution in [0.5, 0.6) is 0 Å². The van der Waals surface area contributed by atoms with Crippen molar-refractivity contribution in [2.75, 3.05) is 11.9 Å². The van der Waals surface area contributed by atoms with E-state index in [0.29, 0.717) is 27.9 Å². The molecule has 196 valence electrons. The quantitative estimate of drug-likeness (QED) is 0.462. The second kappa shape index (κ2) is 10.9. The summed E-state index contributed by atoms with van der Waals surface area (Å²) in [4.78, 5) is 44.2. The van der Waals surface area contributed by atoms with Crippen molar-refractivity contribution < 1.29 is 32.7 Å². The van der Waals surface area contributed by atoms with Gasteiger partial charge in [0.15, 0.2) is 6.17 Å². The van der Waals surface area contributed by atoms with E-state index in [1.54, 1.807) is 30.3 Å². The van der Waals surface area contributed by atoms with Crippen molar-refractivity contribution in [3.63, 3.8) is 0 Å². The van der Waals surface area contributed by atoms with Crippen molar-refractivity contribution in [3.05, 3.63) is 101 Å². The summed E-state index contributed by atoms with van der Waals surface area (Å²) in [5.41, 5.74) is 4.13. The first-order valence-corrected chi connectivity index (χ1v) is 11.5. The van der Waals surface area contributed by atoms with Crippen LogP contribution in [0, 0.1) is 17.5 Å². The molecular weight excluding hydrogens is 501 g/mol. The van der Waals surface area contributed by atoms with Gasteiger partial charge in [0, 0.05) is 24.2 Å². The Bertz CT molecular complexity index is 1430. The first-order chi connectivity index (χ1) is 18.0. The number of para-hydroxylation sites is 1. The number of aliphatic imine (C=N–C) groups is 1. The van der Waals surface area contributed by atoms with Gasteiger partial charge in [0.05, 0.1) is 17.8 Å². The van der Waals surface area contributed by atoms with Crippen LogP contribution in [-0.2, 0) is 20.8 Å². The number of benzene rings is 3. The first kappa shape index (κ1) is 26.6. The average Bonchev–Trinajstić information content (AvgIpc) is 2.96. The van der Waals surface area contributed by atoms with Crippen molar-refractivity contribution in [1.82, 2.24) is 10.4 Å². The molecule has 0 radical (unpaired) electrons. The summed E-state index contributed by atoms with van der Waals surface area (Å²) in [7, 11) is 1.49. The number of aliphatic carboxylic acids is 1. The summed E-state index contributed by atoms with van der Waals surface area (Å²) in [5.74, 6) is -5.23. The second-order valence-corrected chi connectivity index (χ2v) is 8.67. The molecule has 0 aliphatic carbocycles. The van der Waals surface area contributed by atoms with Gasteiger partial charge in [0.2, 0.25) is 5.91 Å². The number of nitrogens with one attached hydrogen (secondary N) is 1. The smallest absolute Gasteiger partial charge is 0.327 e. The van der Waals surface area contributed by atoms with E-state index in [0.717, 1.165) is 12.1 Å². The number of carbonyl (C=O) groups is 3. The molecule has 8 nitrogen and oxygen atoms in total. The predicted octanol–water partition coefficient (Wildman–Crippen LogP) is 3.29. The second-order valence-electron chi connectivity index (χ2n) is 8.67. The first-order valence-electron chi connectivity index (χ1n) is 11.5. The standard InChI is InChI=1S/C27H23F3N4O4/c1-15(27(37)38)34(23(35)12-16-10-19(29)14-20(30)11-16)32-25-26(36)33(2)22-9-4-3-8-21(22)24(31-25)17-6-5-7-18(28)13-17/h3-11,13-15,25,32H,12H2,1-2H3,(H,37,38)/t15-,25?/m0/s1. The number of likely N-dealkylation sites (N-methyl/N-ethyl adjacent to an activating group) is 1. The number of halogens is 3. The Balaban J connectivity index is 1.76. The Morgan fingerprint density at radius 3 is 2.37 bits per heavy atom. The monoisotopic (exact) mass is 524 g/mol. The fraction of sp³-hybridized carbons (Fsp3) is 0.185. The van der Waals surface area contributed by atoms with Gasteiger partial charge in [0.25, 0.3) is 5.91 Å². The van der Waals surface area contributed by atoms with Gasteiger partial charge in [-0.25, -0.2) is 18.0 Å². The maximum Gasteiger partial charge on any atom is 0.327 e. The Morgan fingerprint density at radius 2 is 1.71 bits per heavy atom. The van der Waals surface area contributed by atoms with Crippen LogP contribution in [0.2, 0.25) is 0 Å². The molecule has 4 rings (SSSR count). The number of carboxylic acids is 1. The Morgan fingerprint density at radius 1 is 1.03 bits per heavy atom. The number of hydrogen-bond acceptors (Lipinski definition) is 5. The minimum absolute atomic E-state index is 0.0300. The van der Waals surface area contributed by atoms with Gasteiger partial charge < -0.3 is 10.0 Å². The van der Waals surface area contributed by atoms with E-state index in [1.165, 1.54) is 37.1 Å². The number of carboxylic acid groups (broad SMARTS) is 1. The van der Waals surface area contributed by atoms with Crippen molar-refractivity contribution in [1.29, 1.82) is 0 Å². The van der Waals surface area contributed by atoms with Crippen LogP contribution in [0.25, 0.3) is 0 Å². The fourth-order valence-corrected chi connectivity index (χ4v) is 4.09. The molecule has 3 aromatic carbocycles. The molecular formula is C27H23F3N4O4. The summed E-state index contributed by atoms with van der Waals surface area (Å²) in [5, 5.41) is 10.3. The molecule has 38 heavy (non-hydrogen) atoms. The van der Waals surface area contributed by atoms with Crippen molar-refractivity contribution in [2.24, 2.45) is 4.99 Å². The summed E-state index contributed by atoms with van der Waals surface area (Å²) in [6, 6.07) is 13.4. The fourth-order valence-electron chi connectivity index (χ4n) is 4.09. The number of rotatable bonds is 7. The minimum Gasteiger partial charge on any atom is -0.480 e. The van der Waals surface area contributed by atoms with Crippen LogP contribution in [0.3, 0.4) is 0 Å². The van der Waals surface area contributed by atoms with E-state index >= 15 is 0 Å². The van der Waals surface area contributed by atoms with Crippen molar-refractivity contribution in [3.8, 4) is 0 Å². The van der Waals surface area contributed by atoms with Crippen LogP contribution >= 0.6 is 0 Å². The number of benzodiazepines with no additional fused rings is 1. The Hall–Kier alpha value is -4.51. The van der Waals surface area contributed by atoms with E-state index in [1.807, 2.05) is 0 Å². The molecule has 0 spiro atoms. The third kappa shape index (κ3) is 5.57. The summed E-state index contributed by atoms with van der Waals surface area (Å²) >= 11 is 0. The summed E-state index contributed by atoms with van der Waals surface area (Å²) in [6.07, 6.45) is -2.06. The molecule has 0 saturated carbocycles. The molecule has 1 aliphatic heterocycles. The number of carbonyl (C=O) groups excluding carboxylic acids is 2. The van der Waals surface area contributed by atoms with Gasteiger partial charge in [-0.3, -0.25) is 19.6 Å². The van der Waals surface area contributed by atoms with Crippen LogP contribution < -0.4 is 10.3 Å². The van der Waals surface area contributed by atoms with Gasteiger partial charge in [-0.2, -0.15) is 5.43 Å². The van der Waals surface area contributed by atoms with E-state index in [9.17, 15) is 32.7 Å². The highest BCUT2D eigenvalue weighted by molar-refractivity contribution is 6.20.